The molecule has 0 aliphatic carbocycles. The van der Waals surface area contributed by atoms with Crippen LogP contribution < -0.4 is 9.64 Å². The summed E-state index contributed by atoms with van der Waals surface area (Å²) in [6, 6.07) is 7.48. The molecule has 2 aliphatic rings. The monoisotopic (exact) mass is 361 g/mol. The third kappa shape index (κ3) is 3.99. The van der Waals surface area contributed by atoms with Gasteiger partial charge in [-0.15, -0.1) is 0 Å². The summed E-state index contributed by atoms with van der Waals surface area (Å²) in [5.74, 6) is 0.689. The highest BCUT2D eigenvalue weighted by Crippen LogP contribution is 2.34. The fraction of sp³-hybridized carbons (Fsp3) is 0.579. The Labute approximate surface area is 154 Å². The first-order chi connectivity index (χ1) is 12.6. The highest BCUT2D eigenvalue weighted by atomic mass is 16.5. The number of nitrogens with zero attached hydrogens (tertiary/aromatic N) is 3. The number of ether oxygens (including phenoxy) is 1. The van der Waals surface area contributed by atoms with E-state index in [0.29, 0.717) is 44.8 Å². The predicted octanol–water partition coefficient (Wildman–Crippen LogP) is 0.717. The molecule has 7 nitrogen and oxygen atoms in total. The van der Waals surface area contributed by atoms with Crippen LogP contribution in [0, 0.1) is 0 Å². The average molecular weight is 361 g/mol. The fourth-order valence-electron chi connectivity index (χ4n) is 3.49. The van der Waals surface area contributed by atoms with Gasteiger partial charge in [0.2, 0.25) is 5.91 Å². The number of piperazine rings is 1. The quantitative estimate of drug-likeness (QED) is 0.808. The van der Waals surface area contributed by atoms with E-state index in [0.717, 1.165) is 18.8 Å². The number of anilines is 1. The Bertz CT molecular complexity index is 643. The minimum absolute atomic E-state index is 0.0680. The molecule has 2 amide bonds. The average Bonchev–Trinajstić information content (AvgIpc) is 2.67. The fourth-order valence-corrected chi connectivity index (χ4v) is 3.49. The zero-order valence-electron chi connectivity index (χ0n) is 15.3. The van der Waals surface area contributed by atoms with Crippen LogP contribution in [-0.4, -0.2) is 78.7 Å². The first kappa shape index (κ1) is 18.7. The molecule has 1 saturated heterocycles. The Kier molecular flexibility index (Phi) is 6.11. The van der Waals surface area contributed by atoms with Gasteiger partial charge in [-0.05, 0) is 18.6 Å². The number of carbonyl (C=O) groups is 2. The van der Waals surface area contributed by atoms with Crippen molar-refractivity contribution in [2.45, 2.75) is 25.9 Å². The highest BCUT2D eigenvalue weighted by molar-refractivity contribution is 6.00. The Hall–Kier alpha value is -2.12. The molecule has 2 heterocycles. The molecular formula is C19H27N3O4. The van der Waals surface area contributed by atoms with Gasteiger partial charge in [0.05, 0.1) is 12.3 Å². The molecule has 0 radical (unpaired) electrons. The Morgan fingerprint density at radius 3 is 2.62 bits per heavy atom. The summed E-state index contributed by atoms with van der Waals surface area (Å²) in [5, 5.41) is 9.00. The van der Waals surface area contributed by atoms with Gasteiger partial charge in [-0.2, -0.15) is 0 Å². The van der Waals surface area contributed by atoms with E-state index in [-0.39, 0.29) is 18.4 Å². The maximum absolute atomic E-state index is 12.7. The molecule has 1 aromatic carbocycles. The smallest absolute Gasteiger partial charge is 0.268 e. The Balaban J connectivity index is 1.60. The number of fused-ring (bicyclic) bond motifs is 1. The normalized spacial score (nSPS) is 20.7. The molecule has 0 spiro atoms. The number of carbonyl (C=O) groups excluding carboxylic acids is 2. The molecule has 0 saturated carbocycles. The van der Waals surface area contributed by atoms with Crippen LogP contribution in [0.4, 0.5) is 5.69 Å². The number of benzene rings is 1. The number of amides is 2. The minimum Gasteiger partial charge on any atom is -0.478 e. The molecule has 3 rings (SSSR count). The van der Waals surface area contributed by atoms with Crippen LogP contribution in [0.1, 0.15) is 19.8 Å². The van der Waals surface area contributed by atoms with Crippen molar-refractivity contribution in [3.8, 4) is 5.75 Å². The second-order valence-corrected chi connectivity index (χ2v) is 6.67. The van der Waals surface area contributed by atoms with Crippen LogP contribution in [0.2, 0.25) is 0 Å². The van der Waals surface area contributed by atoms with Gasteiger partial charge in [-0.25, -0.2) is 0 Å². The second kappa shape index (κ2) is 8.51. The topological polar surface area (TPSA) is 73.3 Å². The van der Waals surface area contributed by atoms with Crippen LogP contribution in [-0.2, 0) is 9.59 Å². The lowest BCUT2D eigenvalue weighted by molar-refractivity contribution is -0.133. The Morgan fingerprint density at radius 1 is 1.19 bits per heavy atom. The number of aliphatic hydroxyl groups is 1. The number of hydrogen-bond acceptors (Lipinski definition) is 5. The van der Waals surface area contributed by atoms with Gasteiger partial charge >= 0.3 is 0 Å². The lowest BCUT2D eigenvalue weighted by Gasteiger charge is -2.36. The molecule has 142 valence electrons. The summed E-state index contributed by atoms with van der Waals surface area (Å²) in [5.41, 5.74) is 0.739. The molecular weight excluding hydrogens is 334 g/mol. The number of para-hydroxylation sites is 2. The third-order valence-corrected chi connectivity index (χ3v) is 5.03. The van der Waals surface area contributed by atoms with Crippen molar-refractivity contribution in [1.82, 2.24) is 9.80 Å². The zero-order valence-corrected chi connectivity index (χ0v) is 15.3. The summed E-state index contributed by atoms with van der Waals surface area (Å²) in [6.45, 7) is 5.99. The van der Waals surface area contributed by atoms with Gasteiger partial charge in [-0.3, -0.25) is 14.5 Å². The molecule has 1 N–H and O–H groups in total. The molecule has 1 aromatic rings. The van der Waals surface area contributed by atoms with E-state index in [4.69, 9.17) is 9.84 Å². The van der Waals surface area contributed by atoms with Crippen LogP contribution >= 0.6 is 0 Å². The summed E-state index contributed by atoms with van der Waals surface area (Å²) < 4.78 is 5.77. The van der Waals surface area contributed by atoms with Gasteiger partial charge in [-0.1, -0.05) is 19.1 Å². The number of β-amino-alcohol motifs (C(OH)–C–C–N with tert-alkyl or cyclic N) is 1. The molecule has 0 aromatic heterocycles. The SMILES string of the molecule is CCC1Oc2ccccc2N(CCC(=O)N2CCN(CCO)CC2)C1=O. The van der Waals surface area contributed by atoms with Gasteiger partial charge in [0.25, 0.3) is 5.91 Å². The minimum atomic E-state index is -0.484. The standard InChI is InChI=1S/C19H27N3O4/c1-2-16-19(25)22(15-5-3-4-6-17(15)26-16)8-7-18(24)21-11-9-20(10-12-21)13-14-23/h3-6,16,23H,2,7-14H2,1H3. The molecule has 1 fully saturated rings. The summed E-state index contributed by atoms with van der Waals surface area (Å²) in [7, 11) is 0. The summed E-state index contributed by atoms with van der Waals surface area (Å²) in [4.78, 5) is 30.9. The van der Waals surface area contributed by atoms with Gasteiger partial charge < -0.3 is 19.6 Å². The van der Waals surface area contributed by atoms with Crippen molar-refractivity contribution in [3.05, 3.63) is 24.3 Å². The maximum atomic E-state index is 12.7. The Morgan fingerprint density at radius 2 is 1.92 bits per heavy atom. The molecule has 7 heteroatoms. The number of hydrogen-bond donors (Lipinski definition) is 1. The van der Waals surface area contributed by atoms with Crippen molar-refractivity contribution in [2.75, 3.05) is 50.8 Å². The van der Waals surface area contributed by atoms with E-state index in [2.05, 4.69) is 4.90 Å². The predicted molar refractivity (Wildman–Crippen MR) is 98.2 cm³/mol. The molecule has 26 heavy (non-hydrogen) atoms. The van der Waals surface area contributed by atoms with E-state index < -0.39 is 6.10 Å². The first-order valence-corrected chi connectivity index (χ1v) is 9.32. The molecule has 1 atom stereocenters. The maximum Gasteiger partial charge on any atom is 0.268 e. The van der Waals surface area contributed by atoms with Crippen molar-refractivity contribution < 1.29 is 19.4 Å². The highest BCUT2D eigenvalue weighted by Gasteiger charge is 2.33. The summed E-state index contributed by atoms with van der Waals surface area (Å²) >= 11 is 0. The third-order valence-electron chi connectivity index (χ3n) is 5.03. The van der Waals surface area contributed by atoms with E-state index in [1.165, 1.54) is 0 Å². The van der Waals surface area contributed by atoms with Gasteiger partial charge in [0.1, 0.15) is 5.75 Å². The largest absolute Gasteiger partial charge is 0.478 e. The van der Waals surface area contributed by atoms with Gasteiger partial charge in [0, 0.05) is 45.7 Å². The van der Waals surface area contributed by atoms with E-state index in [9.17, 15) is 9.59 Å². The van der Waals surface area contributed by atoms with Crippen LogP contribution in [0.15, 0.2) is 24.3 Å². The first-order valence-electron chi connectivity index (χ1n) is 9.32. The van der Waals surface area contributed by atoms with Crippen molar-refractivity contribution in [3.63, 3.8) is 0 Å². The molecule has 0 bridgehead atoms. The van der Waals surface area contributed by atoms with Crippen molar-refractivity contribution in [2.24, 2.45) is 0 Å². The lowest BCUT2D eigenvalue weighted by Crippen LogP contribution is -2.50. The van der Waals surface area contributed by atoms with Crippen LogP contribution in [0.3, 0.4) is 0 Å². The van der Waals surface area contributed by atoms with Crippen LogP contribution in [0.5, 0.6) is 5.75 Å². The number of rotatable bonds is 6. The van der Waals surface area contributed by atoms with Crippen molar-refractivity contribution in [1.29, 1.82) is 0 Å². The molecule has 1 unspecified atom stereocenters. The lowest BCUT2D eigenvalue weighted by atomic mass is 10.1. The number of aliphatic hydroxyl groups excluding tert-OH is 1. The van der Waals surface area contributed by atoms with E-state index in [1.807, 2.05) is 36.1 Å². The molecule has 2 aliphatic heterocycles. The second-order valence-electron chi connectivity index (χ2n) is 6.67. The summed E-state index contributed by atoms with van der Waals surface area (Å²) in [6.07, 6.45) is 0.419. The zero-order chi connectivity index (χ0) is 18.5. The van der Waals surface area contributed by atoms with Crippen LogP contribution in [0.25, 0.3) is 0 Å². The van der Waals surface area contributed by atoms with Gasteiger partial charge in [0.15, 0.2) is 6.10 Å². The van der Waals surface area contributed by atoms with E-state index in [1.54, 1.807) is 4.90 Å². The van der Waals surface area contributed by atoms with Crippen molar-refractivity contribution >= 4 is 17.5 Å². The van der Waals surface area contributed by atoms with E-state index >= 15 is 0 Å².